The SMILES string of the molecule is O=C(c1cncnc1)c1cc(C(=O)Cc2cccc(Cl)n2)c2ncccc2c1. The van der Waals surface area contributed by atoms with E-state index in [1.54, 1.807) is 42.6 Å². The van der Waals surface area contributed by atoms with Crippen LogP contribution in [0.2, 0.25) is 5.15 Å². The molecule has 6 nitrogen and oxygen atoms in total. The number of carbonyl (C=O) groups excluding carboxylic acids is 2. The minimum absolute atomic E-state index is 0.0539. The van der Waals surface area contributed by atoms with Crippen molar-refractivity contribution in [3.8, 4) is 0 Å². The Hall–Kier alpha value is -3.51. The number of nitrogens with zero attached hydrogens (tertiary/aromatic N) is 4. The van der Waals surface area contributed by atoms with E-state index in [4.69, 9.17) is 11.6 Å². The Kier molecular flexibility index (Phi) is 4.87. The smallest absolute Gasteiger partial charge is 0.196 e. The number of aromatic nitrogens is 4. The van der Waals surface area contributed by atoms with Gasteiger partial charge in [0, 0.05) is 40.8 Å². The lowest BCUT2D eigenvalue weighted by molar-refractivity contribution is 0.0993. The van der Waals surface area contributed by atoms with Crippen molar-refractivity contribution in [2.24, 2.45) is 0 Å². The Bertz CT molecular complexity index is 1200. The molecule has 3 aromatic heterocycles. The summed E-state index contributed by atoms with van der Waals surface area (Å²) in [6.45, 7) is 0. The average Bonchev–Trinajstić information content (AvgIpc) is 2.73. The molecule has 4 aromatic rings. The number of fused-ring (bicyclic) bond motifs is 1. The van der Waals surface area contributed by atoms with Crippen molar-refractivity contribution in [3.05, 3.63) is 94.9 Å². The Labute approximate surface area is 165 Å². The number of hydrogen-bond acceptors (Lipinski definition) is 6. The summed E-state index contributed by atoms with van der Waals surface area (Å²) in [6, 6.07) is 12.0. The van der Waals surface area contributed by atoms with Gasteiger partial charge in [0.25, 0.3) is 0 Å². The molecule has 1 aromatic carbocycles. The van der Waals surface area contributed by atoms with Gasteiger partial charge in [-0.3, -0.25) is 14.6 Å². The second-order valence-corrected chi connectivity index (χ2v) is 6.49. The Morgan fingerprint density at radius 3 is 2.57 bits per heavy atom. The topological polar surface area (TPSA) is 85.7 Å². The molecule has 4 rings (SSSR count). The van der Waals surface area contributed by atoms with Crippen LogP contribution in [0.3, 0.4) is 0 Å². The summed E-state index contributed by atoms with van der Waals surface area (Å²) in [4.78, 5) is 42.1. The summed E-state index contributed by atoms with van der Waals surface area (Å²) in [5, 5.41) is 1.02. The van der Waals surface area contributed by atoms with Crippen molar-refractivity contribution in [3.63, 3.8) is 0 Å². The number of Topliss-reactive ketones (excluding diaryl/α,β-unsaturated/α-hetero) is 1. The van der Waals surface area contributed by atoms with Crippen LogP contribution < -0.4 is 0 Å². The predicted molar refractivity (Wildman–Crippen MR) is 104 cm³/mol. The minimum atomic E-state index is -0.263. The van der Waals surface area contributed by atoms with Crippen LogP contribution in [0.5, 0.6) is 0 Å². The first-order valence-electron chi connectivity index (χ1n) is 8.45. The lowest BCUT2D eigenvalue weighted by Crippen LogP contribution is -2.10. The molecule has 7 heteroatoms. The molecule has 3 heterocycles. The third kappa shape index (κ3) is 3.63. The average molecular weight is 389 g/mol. The van der Waals surface area contributed by atoms with Gasteiger partial charge in [-0.2, -0.15) is 0 Å². The first kappa shape index (κ1) is 17.9. The number of halogens is 1. The standard InChI is InChI=1S/C21H13ClN4O2/c22-19-5-1-4-16(26-19)9-18(27)17-8-14(7-13-3-2-6-25-20(13)17)21(28)15-10-23-12-24-11-15/h1-8,10-12H,9H2. The van der Waals surface area contributed by atoms with E-state index in [0.717, 1.165) is 0 Å². The largest absolute Gasteiger partial charge is 0.294 e. The molecule has 0 radical (unpaired) electrons. The van der Waals surface area contributed by atoms with Crippen LogP contribution in [0.4, 0.5) is 0 Å². The highest BCUT2D eigenvalue weighted by molar-refractivity contribution is 6.29. The van der Waals surface area contributed by atoms with Gasteiger partial charge in [0.1, 0.15) is 11.5 Å². The zero-order chi connectivity index (χ0) is 19.5. The lowest BCUT2D eigenvalue weighted by Gasteiger charge is -2.09. The van der Waals surface area contributed by atoms with E-state index in [9.17, 15) is 9.59 Å². The molecule has 0 bridgehead atoms. The van der Waals surface area contributed by atoms with Crippen LogP contribution in [0, 0.1) is 0 Å². The van der Waals surface area contributed by atoms with E-state index >= 15 is 0 Å². The lowest BCUT2D eigenvalue weighted by atomic mass is 9.96. The molecule has 0 aliphatic rings. The molecule has 0 atom stereocenters. The van der Waals surface area contributed by atoms with E-state index in [1.165, 1.54) is 18.7 Å². The number of benzene rings is 1. The first-order chi connectivity index (χ1) is 13.6. The zero-order valence-electron chi connectivity index (χ0n) is 14.5. The van der Waals surface area contributed by atoms with Gasteiger partial charge in [-0.05, 0) is 30.3 Å². The molecule has 28 heavy (non-hydrogen) atoms. The maximum atomic E-state index is 13.0. The van der Waals surface area contributed by atoms with Crippen LogP contribution in [-0.2, 0) is 6.42 Å². The van der Waals surface area contributed by atoms with E-state index in [2.05, 4.69) is 19.9 Å². The fourth-order valence-electron chi connectivity index (χ4n) is 2.93. The van der Waals surface area contributed by atoms with Gasteiger partial charge in [0.05, 0.1) is 17.5 Å². The molecule has 0 aliphatic carbocycles. The predicted octanol–water partition coefficient (Wildman–Crippen LogP) is 3.73. The molecular formula is C21H13ClN4O2. The van der Waals surface area contributed by atoms with E-state index < -0.39 is 0 Å². The molecule has 0 fully saturated rings. The molecule has 0 spiro atoms. The van der Waals surface area contributed by atoms with Crippen LogP contribution >= 0.6 is 11.6 Å². The van der Waals surface area contributed by atoms with Gasteiger partial charge >= 0.3 is 0 Å². The highest BCUT2D eigenvalue weighted by Gasteiger charge is 2.18. The number of rotatable bonds is 5. The molecule has 0 unspecified atom stereocenters. The van der Waals surface area contributed by atoms with E-state index in [1.807, 2.05) is 6.07 Å². The number of pyridine rings is 2. The normalized spacial score (nSPS) is 10.8. The first-order valence-corrected chi connectivity index (χ1v) is 8.83. The summed E-state index contributed by atoms with van der Waals surface area (Å²) in [6.07, 6.45) is 5.91. The third-order valence-electron chi connectivity index (χ3n) is 4.20. The molecule has 0 amide bonds. The summed E-state index contributed by atoms with van der Waals surface area (Å²) >= 11 is 5.91. The van der Waals surface area contributed by atoms with Gasteiger partial charge in [0.2, 0.25) is 0 Å². The van der Waals surface area contributed by atoms with Crippen LogP contribution in [0.1, 0.15) is 32.0 Å². The molecule has 0 aliphatic heterocycles. The summed E-state index contributed by atoms with van der Waals surface area (Å²) in [5.41, 5.74) is 2.17. The van der Waals surface area contributed by atoms with Crippen molar-refractivity contribution in [1.29, 1.82) is 0 Å². The fourth-order valence-corrected chi connectivity index (χ4v) is 3.11. The number of ketones is 2. The van der Waals surface area contributed by atoms with E-state index in [-0.39, 0.29) is 18.0 Å². The minimum Gasteiger partial charge on any atom is -0.294 e. The molecular weight excluding hydrogens is 376 g/mol. The van der Waals surface area contributed by atoms with Crippen molar-refractivity contribution < 1.29 is 9.59 Å². The van der Waals surface area contributed by atoms with Crippen LogP contribution in [-0.4, -0.2) is 31.5 Å². The Morgan fingerprint density at radius 1 is 0.964 bits per heavy atom. The Morgan fingerprint density at radius 2 is 1.79 bits per heavy atom. The third-order valence-corrected chi connectivity index (χ3v) is 4.42. The van der Waals surface area contributed by atoms with Crippen molar-refractivity contribution >= 4 is 34.1 Å². The number of hydrogen-bond donors (Lipinski definition) is 0. The molecule has 0 saturated heterocycles. The second-order valence-electron chi connectivity index (χ2n) is 6.11. The number of carbonyl (C=O) groups is 2. The van der Waals surface area contributed by atoms with Gasteiger partial charge in [-0.15, -0.1) is 0 Å². The van der Waals surface area contributed by atoms with Gasteiger partial charge in [0.15, 0.2) is 11.6 Å². The van der Waals surface area contributed by atoms with Crippen LogP contribution in [0.15, 0.2) is 67.4 Å². The fraction of sp³-hybridized carbons (Fsp3) is 0.0476. The van der Waals surface area contributed by atoms with Crippen molar-refractivity contribution in [2.45, 2.75) is 6.42 Å². The van der Waals surface area contributed by atoms with Gasteiger partial charge in [-0.25, -0.2) is 15.0 Å². The zero-order valence-corrected chi connectivity index (χ0v) is 15.3. The summed E-state index contributed by atoms with van der Waals surface area (Å²) in [7, 11) is 0. The van der Waals surface area contributed by atoms with Gasteiger partial charge in [-0.1, -0.05) is 23.7 Å². The molecule has 0 N–H and O–H groups in total. The highest BCUT2D eigenvalue weighted by atomic mass is 35.5. The molecule has 0 saturated carbocycles. The van der Waals surface area contributed by atoms with Crippen molar-refractivity contribution in [2.75, 3.05) is 0 Å². The van der Waals surface area contributed by atoms with Crippen LogP contribution in [0.25, 0.3) is 10.9 Å². The van der Waals surface area contributed by atoms with E-state index in [0.29, 0.717) is 38.4 Å². The second kappa shape index (κ2) is 7.62. The quantitative estimate of drug-likeness (QED) is 0.382. The highest BCUT2D eigenvalue weighted by Crippen LogP contribution is 2.22. The molecule has 136 valence electrons. The Balaban J connectivity index is 1.78. The summed E-state index contributed by atoms with van der Waals surface area (Å²) in [5.74, 6) is -0.460. The monoisotopic (exact) mass is 388 g/mol. The van der Waals surface area contributed by atoms with Gasteiger partial charge < -0.3 is 0 Å². The van der Waals surface area contributed by atoms with Crippen molar-refractivity contribution in [1.82, 2.24) is 19.9 Å². The maximum Gasteiger partial charge on any atom is 0.196 e. The summed E-state index contributed by atoms with van der Waals surface area (Å²) < 4.78 is 0. The maximum absolute atomic E-state index is 13.0.